The number of ether oxygens (including phenoxy) is 1. The molecule has 114 valence electrons. The van der Waals surface area contributed by atoms with E-state index in [2.05, 4.69) is 6.92 Å². The van der Waals surface area contributed by atoms with Crippen LogP contribution in [0.25, 0.3) is 0 Å². The second-order valence-corrected chi connectivity index (χ2v) is 6.25. The number of rotatable bonds is 2. The molecule has 0 aromatic heterocycles. The molecule has 0 radical (unpaired) electrons. The SMILES string of the molecule is CC1=CC(=O)C=C2CCC[C@H](OC(=O)c3ccccc3)[C@@]12C. The lowest BCUT2D eigenvalue weighted by Crippen LogP contribution is -2.43. The number of benzene rings is 1. The van der Waals surface area contributed by atoms with Gasteiger partial charge in [0.15, 0.2) is 5.78 Å². The third kappa shape index (κ3) is 2.41. The summed E-state index contributed by atoms with van der Waals surface area (Å²) in [6.07, 6.45) is 5.82. The van der Waals surface area contributed by atoms with Crippen LogP contribution in [0.4, 0.5) is 0 Å². The van der Waals surface area contributed by atoms with E-state index in [9.17, 15) is 9.59 Å². The summed E-state index contributed by atoms with van der Waals surface area (Å²) in [6, 6.07) is 9.05. The fraction of sp³-hybridized carbons (Fsp3) is 0.368. The number of allylic oxidation sites excluding steroid dienone is 2. The number of hydrogen-bond acceptors (Lipinski definition) is 3. The summed E-state index contributed by atoms with van der Waals surface area (Å²) in [4.78, 5) is 24.1. The molecule has 0 unspecified atom stereocenters. The van der Waals surface area contributed by atoms with Crippen LogP contribution < -0.4 is 0 Å². The van der Waals surface area contributed by atoms with Crippen molar-refractivity contribution in [3.8, 4) is 0 Å². The van der Waals surface area contributed by atoms with Gasteiger partial charge >= 0.3 is 5.97 Å². The van der Waals surface area contributed by atoms with Crippen LogP contribution in [0.2, 0.25) is 0 Å². The maximum Gasteiger partial charge on any atom is 0.338 e. The lowest BCUT2D eigenvalue weighted by molar-refractivity contribution is -0.111. The number of esters is 1. The molecule has 0 N–H and O–H groups in total. The van der Waals surface area contributed by atoms with Crippen molar-refractivity contribution in [2.24, 2.45) is 5.41 Å². The first-order valence-electron chi connectivity index (χ1n) is 7.71. The fourth-order valence-electron chi connectivity index (χ4n) is 3.49. The molecule has 3 nitrogen and oxygen atoms in total. The van der Waals surface area contributed by atoms with Gasteiger partial charge in [0.1, 0.15) is 6.10 Å². The molecule has 22 heavy (non-hydrogen) atoms. The first kappa shape index (κ1) is 14.8. The smallest absolute Gasteiger partial charge is 0.338 e. The van der Waals surface area contributed by atoms with Gasteiger partial charge in [-0.3, -0.25) is 4.79 Å². The normalized spacial score (nSPS) is 27.5. The Morgan fingerprint density at radius 3 is 2.68 bits per heavy atom. The lowest BCUT2D eigenvalue weighted by Gasteiger charge is -2.45. The van der Waals surface area contributed by atoms with Crippen LogP contribution in [0.15, 0.2) is 53.6 Å². The zero-order chi connectivity index (χ0) is 15.7. The van der Waals surface area contributed by atoms with Crippen molar-refractivity contribution < 1.29 is 14.3 Å². The van der Waals surface area contributed by atoms with E-state index in [1.807, 2.05) is 25.1 Å². The van der Waals surface area contributed by atoms with E-state index in [4.69, 9.17) is 4.74 Å². The topological polar surface area (TPSA) is 43.4 Å². The average molecular weight is 296 g/mol. The van der Waals surface area contributed by atoms with Gasteiger partial charge in [0, 0.05) is 5.41 Å². The molecule has 2 aliphatic carbocycles. The second kappa shape index (κ2) is 5.56. The summed E-state index contributed by atoms with van der Waals surface area (Å²) in [5.41, 5.74) is 2.29. The van der Waals surface area contributed by atoms with Crippen molar-refractivity contribution in [2.75, 3.05) is 0 Å². The van der Waals surface area contributed by atoms with Gasteiger partial charge in [-0.05, 0) is 57.4 Å². The van der Waals surface area contributed by atoms with Gasteiger partial charge in [0.25, 0.3) is 0 Å². The van der Waals surface area contributed by atoms with Gasteiger partial charge in [-0.1, -0.05) is 29.3 Å². The minimum Gasteiger partial charge on any atom is -0.458 e. The number of fused-ring (bicyclic) bond motifs is 1. The lowest BCUT2D eigenvalue weighted by atomic mass is 9.63. The highest BCUT2D eigenvalue weighted by molar-refractivity contribution is 6.02. The van der Waals surface area contributed by atoms with Crippen LogP contribution >= 0.6 is 0 Å². The Morgan fingerprint density at radius 1 is 1.23 bits per heavy atom. The summed E-state index contributed by atoms with van der Waals surface area (Å²) >= 11 is 0. The molecule has 0 aliphatic heterocycles. The molecular weight excluding hydrogens is 276 g/mol. The van der Waals surface area contributed by atoms with Crippen LogP contribution in [-0.4, -0.2) is 17.9 Å². The molecule has 0 saturated heterocycles. The summed E-state index contributed by atoms with van der Waals surface area (Å²) in [7, 11) is 0. The molecule has 1 aromatic rings. The molecule has 2 aliphatic rings. The van der Waals surface area contributed by atoms with Crippen molar-refractivity contribution in [3.05, 3.63) is 59.2 Å². The Hall–Kier alpha value is -2.16. The van der Waals surface area contributed by atoms with Crippen molar-refractivity contribution in [3.63, 3.8) is 0 Å². The monoisotopic (exact) mass is 296 g/mol. The van der Waals surface area contributed by atoms with E-state index in [-0.39, 0.29) is 23.3 Å². The molecule has 1 saturated carbocycles. The Labute approximate surface area is 130 Å². The summed E-state index contributed by atoms with van der Waals surface area (Å²) in [5, 5.41) is 0. The summed E-state index contributed by atoms with van der Waals surface area (Å²) < 4.78 is 5.82. The van der Waals surface area contributed by atoms with E-state index in [1.54, 1.807) is 24.3 Å². The van der Waals surface area contributed by atoms with Gasteiger partial charge in [0.2, 0.25) is 0 Å². The van der Waals surface area contributed by atoms with Crippen LogP contribution in [-0.2, 0) is 9.53 Å². The van der Waals surface area contributed by atoms with Crippen molar-refractivity contribution in [2.45, 2.75) is 39.2 Å². The molecule has 1 fully saturated rings. The minimum absolute atomic E-state index is 0.0417. The van der Waals surface area contributed by atoms with E-state index in [0.717, 1.165) is 30.4 Å². The largest absolute Gasteiger partial charge is 0.458 e. The molecule has 3 rings (SSSR count). The fourth-order valence-corrected chi connectivity index (χ4v) is 3.49. The van der Waals surface area contributed by atoms with Crippen molar-refractivity contribution in [1.82, 2.24) is 0 Å². The third-order valence-electron chi connectivity index (χ3n) is 4.98. The standard InChI is InChI=1S/C19H20O3/c1-13-11-16(20)12-15-9-6-10-17(19(13,15)2)22-18(21)14-7-4-3-5-8-14/h3-5,7-8,11-12,17H,6,9-10H2,1-2H3/t17-,19-/m0/s1. The van der Waals surface area contributed by atoms with E-state index in [1.165, 1.54) is 0 Å². The highest BCUT2D eigenvalue weighted by Gasteiger charge is 2.45. The molecule has 1 aromatic carbocycles. The van der Waals surface area contributed by atoms with Crippen molar-refractivity contribution in [1.29, 1.82) is 0 Å². The van der Waals surface area contributed by atoms with Crippen LogP contribution in [0.3, 0.4) is 0 Å². The van der Waals surface area contributed by atoms with E-state index in [0.29, 0.717) is 5.56 Å². The molecule has 3 heteroatoms. The Kier molecular flexibility index (Phi) is 3.73. The second-order valence-electron chi connectivity index (χ2n) is 6.25. The highest BCUT2D eigenvalue weighted by Crippen LogP contribution is 2.49. The molecule has 0 spiro atoms. The van der Waals surface area contributed by atoms with Crippen LogP contribution in [0, 0.1) is 5.41 Å². The quantitative estimate of drug-likeness (QED) is 0.778. The average Bonchev–Trinajstić information content (AvgIpc) is 2.51. The zero-order valence-electron chi connectivity index (χ0n) is 13.0. The summed E-state index contributed by atoms with van der Waals surface area (Å²) in [5.74, 6) is -0.252. The number of ketones is 1. The first-order valence-corrected chi connectivity index (χ1v) is 7.71. The van der Waals surface area contributed by atoms with E-state index >= 15 is 0 Å². The maximum atomic E-state index is 12.4. The Balaban J connectivity index is 1.87. The van der Waals surface area contributed by atoms with Gasteiger partial charge in [-0.2, -0.15) is 0 Å². The highest BCUT2D eigenvalue weighted by atomic mass is 16.5. The Bertz CT molecular complexity index is 669. The van der Waals surface area contributed by atoms with E-state index < -0.39 is 0 Å². The number of hydrogen-bond donors (Lipinski definition) is 0. The van der Waals surface area contributed by atoms with Gasteiger partial charge in [-0.15, -0.1) is 0 Å². The predicted octanol–water partition coefficient (Wildman–Crippen LogP) is 3.86. The van der Waals surface area contributed by atoms with Gasteiger partial charge in [0.05, 0.1) is 5.56 Å². The van der Waals surface area contributed by atoms with Crippen LogP contribution in [0.1, 0.15) is 43.5 Å². The molecule has 0 bridgehead atoms. The molecule has 2 atom stereocenters. The molecular formula is C19H20O3. The molecule has 0 amide bonds. The number of carbonyl (C=O) groups is 2. The zero-order valence-corrected chi connectivity index (χ0v) is 13.0. The third-order valence-corrected chi connectivity index (χ3v) is 4.98. The Morgan fingerprint density at radius 2 is 1.95 bits per heavy atom. The summed E-state index contributed by atoms with van der Waals surface area (Å²) in [6.45, 7) is 4.04. The number of carbonyl (C=O) groups excluding carboxylic acids is 2. The minimum atomic E-state index is -0.351. The molecule has 0 heterocycles. The first-order chi connectivity index (χ1) is 10.5. The van der Waals surface area contributed by atoms with Gasteiger partial charge < -0.3 is 4.74 Å². The van der Waals surface area contributed by atoms with Crippen LogP contribution in [0.5, 0.6) is 0 Å². The van der Waals surface area contributed by atoms with Crippen molar-refractivity contribution >= 4 is 11.8 Å². The maximum absolute atomic E-state index is 12.4. The van der Waals surface area contributed by atoms with Gasteiger partial charge in [-0.25, -0.2) is 4.79 Å². The predicted molar refractivity (Wildman–Crippen MR) is 84.5 cm³/mol.